The normalized spacial score (nSPS) is 19.4. The maximum atomic E-state index is 14.5. The summed E-state index contributed by atoms with van der Waals surface area (Å²) in [7, 11) is 1.54. The number of benzene rings is 2. The van der Waals surface area contributed by atoms with E-state index in [4.69, 9.17) is 21.1 Å². The number of Topliss-reactive ketones (excluding diaryl/α,β-unsaturated/α-hetero) is 2. The first-order valence-corrected chi connectivity index (χ1v) is 14.4. The highest BCUT2D eigenvalue weighted by atomic mass is 35.5. The second-order valence-corrected chi connectivity index (χ2v) is 11.7. The number of nitrogens with zero attached hydrogens (tertiary/aromatic N) is 2. The van der Waals surface area contributed by atoms with Crippen molar-refractivity contribution in [1.29, 1.82) is 0 Å². The van der Waals surface area contributed by atoms with Crippen molar-refractivity contribution in [1.82, 2.24) is 14.9 Å². The lowest BCUT2D eigenvalue weighted by Crippen LogP contribution is -2.58. The molecule has 2 aromatic carbocycles. The zero-order valence-corrected chi connectivity index (χ0v) is 23.6. The number of pyridine rings is 1. The van der Waals surface area contributed by atoms with Crippen LogP contribution in [0.2, 0.25) is 5.02 Å². The van der Waals surface area contributed by atoms with Gasteiger partial charge < -0.3 is 24.5 Å². The average molecular weight is 586 g/mol. The smallest absolute Gasteiger partial charge is 0.337 e. The number of piperidine rings is 1. The molecule has 2 fully saturated rings. The Bertz CT molecular complexity index is 1790. The molecule has 1 saturated carbocycles. The molecule has 10 heteroatoms. The molecule has 9 nitrogen and oxygen atoms in total. The summed E-state index contributed by atoms with van der Waals surface area (Å²) in [5.41, 5.74) is 1.65. The number of carboxylic acids is 1. The van der Waals surface area contributed by atoms with Gasteiger partial charge in [0.15, 0.2) is 11.6 Å². The molecular weight excluding hydrogens is 558 g/mol. The molecule has 0 unspecified atom stereocenters. The number of halogens is 1. The number of methoxy groups -OCH3 is 1. The molecule has 1 spiro atoms. The first kappa shape index (κ1) is 26.7. The van der Waals surface area contributed by atoms with Gasteiger partial charge in [0.25, 0.3) is 0 Å². The maximum Gasteiger partial charge on any atom is 0.337 e. The van der Waals surface area contributed by atoms with Crippen LogP contribution in [0.3, 0.4) is 0 Å². The number of aromatic carboxylic acids is 1. The van der Waals surface area contributed by atoms with Gasteiger partial charge in [-0.1, -0.05) is 17.7 Å². The number of carboxylic acid groups (broad SMARTS) is 1. The first-order valence-electron chi connectivity index (χ1n) is 14.0. The van der Waals surface area contributed by atoms with Crippen LogP contribution in [-0.2, 0) is 0 Å². The number of ketones is 2. The predicted molar refractivity (Wildman–Crippen MR) is 156 cm³/mol. The van der Waals surface area contributed by atoms with Crippen molar-refractivity contribution in [2.45, 2.75) is 37.3 Å². The van der Waals surface area contributed by atoms with E-state index in [1.807, 2.05) is 12.3 Å². The van der Waals surface area contributed by atoms with Crippen LogP contribution in [-0.4, -0.2) is 58.0 Å². The van der Waals surface area contributed by atoms with E-state index in [-0.39, 0.29) is 22.7 Å². The summed E-state index contributed by atoms with van der Waals surface area (Å²) in [5.74, 6) is -1.92. The molecule has 2 N–H and O–H groups in total. The number of carbonyl (C=O) groups excluding carboxylic acids is 2. The fourth-order valence-corrected chi connectivity index (χ4v) is 6.70. The number of hydrogen-bond acceptors (Lipinski definition) is 7. The van der Waals surface area contributed by atoms with Crippen LogP contribution in [0.25, 0.3) is 22.0 Å². The quantitative estimate of drug-likeness (QED) is 0.222. The van der Waals surface area contributed by atoms with E-state index in [2.05, 4.69) is 14.9 Å². The largest absolute Gasteiger partial charge is 0.496 e. The van der Waals surface area contributed by atoms with E-state index in [1.54, 1.807) is 37.6 Å². The lowest BCUT2D eigenvalue weighted by Gasteiger charge is -2.45. The van der Waals surface area contributed by atoms with Crippen molar-refractivity contribution in [2.24, 2.45) is 5.92 Å². The summed E-state index contributed by atoms with van der Waals surface area (Å²) in [6, 6.07) is 10.5. The van der Waals surface area contributed by atoms with Crippen LogP contribution < -0.4 is 14.8 Å². The summed E-state index contributed by atoms with van der Waals surface area (Å²) < 4.78 is 14.4. The Labute approximate surface area is 246 Å². The van der Waals surface area contributed by atoms with E-state index < -0.39 is 17.5 Å². The Morgan fingerprint density at radius 1 is 1.10 bits per heavy atom. The summed E-state index contributed by atoms with van der Waals surface area (Å²) in [5, 5.41) is 14.0. The van der Waals surface area contributed by atoms with Crippen molar-refractivity contribution in [3.63, 3.8) is 0 Å². The molecule has 1 aliphatic carbocycles. The SMILES string of the molecule is COc1cc(C(=O)[C@@H]2C(=O)c3cc(-c4cncc(C(=O)O)c4)ccc3OC23CCNCC3)cc2c1c(Cl)cn2C1CC1. The van der Waals surface area contributed by atoms with Crippen LogP contribution >= 0.6 is 11.6 Å². The summed E-state index contributed by atoms with van der Waals surface area (Å²) in [4.78, 5) is 44.4. The third-order valence-electron chi connectivity index (χ3n) is 8.67. The van der Waals surface area contributed by atoms with Gasteiger partial charge >= 0.3 is 5.97 Å². The number of ether oxygens (including phenoxy) is 2. The number of carbonyl (C=O) groups is 3. The number of hydrogen-bond donors (Lipinski definition) is 2. The molecule has 1 saturated heterocycles. The molecule has 42 heavy (non-hydrogen) atoms. The molecule has 3 aliphatic rings. The summed E-state index contributed by atoms with van der Waals surface area (Å²) in [6.07, 6.45) is 7.75. The number of nitrogens with one attached hydrogen (secondary N) is 1. The number of fused-ring (bicyclic) bond motifs is 2. The van der Waals surface area contributed by atoms with Crippen molar-refractivity contribution in [3.05, 3.63) is 76.7 Å². The zero-order valence-electron chi connectivity index (χ0n) is 22.9. The molecule has 214 valence electrons. The Balaban J connectivity index is 1.34. The minimum absolute atomic E-state index is 0.0369. The molecule has 0 bridgehead atoms. The zero-order chi connectivity index (χ0) is 29.2. The monoisotopic (exact) mass is 585 g/mol. The van der Waals surface area contributed by atoms with Gasteiger partial charge in [-0.15, -0.1) is 0 Å². The Morgan fingerprint density at radius 3 is 2.60 bits per heavy atom. The van der Waals surface area contributed by atoms with E-state index in [0.29, 0.717) is 65.2 Å². The molecule has 4 aromatic rings. The second kappa shape index (κ2) is 9.96. The molecule has 2 aliphatic heterocycles. The summed E-state index contributed by atoms with van der Waals surface area (Å²) >= 11 is 6.60. The Kier molecular flexibility index (Phi) is 6.32. The second-order valence-electron chi connectivity index (χ2n) is 11.2. The molecule has 0 radical (unpaired) electrons. The molecule has 4 heterocycles. The molecule has 2 aromatic heterocycles. The van der Waals surface area contributed by atoms with Crippen LogP contribution in [0.5, 0.6) is 11.5 Å². The van der Waals surface area contributed by atoms with Crippen molar-refractivity contribution < 1.29 is 29.0 Å². The topological polar surface area (TPSA) is 120 Å². The first-order chi connectivity index (χ1) is 20.3. The molecule has 0 amide bonds. The Morgan fingerprint density at radius 2 is 1.88 bits per heavy atom. The van der Waals surface area contributed by atoms with Gasteiger partial charge in [-0.3, -0.25) is 14.6 Å². The van der Waals surface area contributed by atoms with Gasteiger partial charge in [0.2, 0.25) is 0 Å². The van der Waals surface area contributed by atoms with Crippen LogP contribution in [0, 0.1) is 5.92 Å². The van der Waals surface area contributed by atoms with Gasteiger partial charge in [0, 0.05) is 48.6 Å². The van der Waals surface area contributed by atoms with Crippen LogP contribution in [0.15, 0.2) is 55.0 Å². The minimum Gasteiger partial charge on any atom is -0.496 e. The van der Waals surface area contributed by atoms with Crippen LogP contribution in [0.1, 0.15) is 62.8 Å². The van der Waals surface area contributed by atoms with Gasteiger partial charge in [-0.25, -0.2) is 4.79 Å². The lowest BCUT2D eigenvalue weighted by molar-refractivity contribution is -0.0138. The van der Waals surface area contributed by atoms with E-state index in [9.17, 15) is 19.5 Å². The van der Waals surface area contributed by atoms with E-state index in [0.717, 1.165) is 23.7 Å². The molecule has 7 rings (SSSR count). The van der Waals surface area contributed by atoms with Gasteiger partial charge in [0.05, 0.1) is 34.2 Å². The molecule has 1 atom stereocenters. The average Bonchev–Trinajstić information content (AvgIpc) is 3.79. The van der Waals surface area contributed by atoms with Crippen LogP contribution in [0.4, 0.5) is 0 Å². The summed E-state index contributed by atoms with van der Waals surface area (Å²) in [6.45, 7) is 1.22. The van der Waals surface area contributed by atoms with E-state index in [1.165, 1.54) is 12.3 Å². The third-order valence-corrected chi connectivity index (χ3v) is 8.96. The Hall–Kier alpha value is -4.21. The van der Waals surface area contributed by atoms with E-state index >= 15 is 0 Å². The highest BCUT2D eigenvalue weighted by molar-refractivity contribution is 6.36. The van der Waals surface area contributed by atoms with Gasteiger partial charge in [-0.2, -0.15) is 0 Å². The number of aromatic nitrogens is 2. The van der Waals surface area contributed by atoms with Gasteiger partial charge in [0.1, 0.15) is 23.0 Å². The maximum absolute atomic E-state index is 14.5. The predicted octanol–water partition coefficient (Wildman–Crippen LogP) is 5.59. The van der Waals surface area contributed by atoms with Crippen molar-refractivity contribution in [2.75, 3.05) is 20.2 Å². The molecular formula is C32H28ClN3O6. The third kappa shape index (κ3) is 4.26. The fourth-order valence-electron chi connectivity index (χ4n) is 6.40. The van der Waals surface area contributed by atoms with Crippen molar-refractivity contribution in [3.8, 4) is 22.6 Å². The highest BCUT2D eigenvalue weighted by Crippen LogP contribution is 2.47. The van der Waals surface area contributed by atoms with Gasteiger partial charge in [-0.05, 0) is 61.8 Å². The highest BCUT2D eigenvalue weighted by Gasteiger charge is 2.54. The lowest BCUT2D eigenvalue weighted by atomic mass is 9.70. The van der Waals surface area contributed by atoms with Crippen molar-refractivity contribution >= 4 is 40.0 Å². The number of rotatable bonds is 6. The minimum atomic E-state index is -1.10. The standard InChI is InChI=1S/C32H28ClN3O6/c1-41-26-13-18(12-24-27(26)23(33)16-36(24)21-3-4-21)29(37)28-30(38)22-11-17(19-10-20(31(39)40)15-35-14-19)2-5-25(22)42-32(28)6-8-34-9-7-32/h2,5,10-16,21,28,34H,3-4,6-9H2,1H3,(H,39,40)/t28-/m1/s1. The fraction of sp³-hybridized carbons (Fsp3) is 0.312.